The standard InChI is InChI=1S/C9H6Cl2N4O/c10-7-5-13-15-9(11)8(7)14-12-4-6-2-1-3-16-6/h1-5H,(H,13,14)/b12-4-. The van der Waals surface area contributed by atoms with Crippen molar-refractivity contribution < 1.29 is 4.42 Å². The average molecular weight is 257 g/mol. The molecule has 0 saturated carbocycles. The summed E-state index contributed by atoms with van der Waals surface area (Å²) in [6, 6.07) is 3.52. The molecule has 0 aliphatic heterocycles. The first-order valence-electron chi connectivity index (χ1n) is 4.26. The predicted octanol–water partition coefficient (Wildman–Crippen LogP) is 2.82. The second-order valence-electron chi connectivity index (χ2n) is 2.74. The monoisotopic (exact) mass is 256 g/mol. The first-order valence-corrected chi connectivity index (χ1v) is 5.02. The largest absolute Gasteiger partial charge is 0.463 e. The molecule has 0 radical (unpaired) electrons. The van der Waals surface area contributed by atoms with E-state index in [2.05, 4.69) is 20.7 Å². The van der Waals surface area contributed by atoms with E-state index in [-0.39, 0.29) is 5.15 Å². The zero-order valence-corrected chi connectivity index (χ0v) is 9.40. The molecule has 0 aliphatic carbocycles. The van der Waals surface area contributed by atoms with Crippen LogP contribution in [0.5, 0.6) is 0 Å². The van der Waals surface area contributed by atoms with E-state index in [9.17, 15) is 0 Å². The van der Waals surface area contributed by atoms with Gasteiger partial charge in [0, 0.05) is 0 Å². The van der Waals surface area contributed by atoms with Crippen molar-refractivity contribution in [1.82, 2.24) is 10.2 Å². The van der Waals surface area contributed by atoms with Crippen molar-refractivity contribution in [2.75, 3.05) is 5.43 Å². The van der Waals surface area contributed by atoms with Crippen molar-refractivity contribution in [3.05, 3.63) is 40.5 Å². The smallest absolute Gasteiger partial charge is 0.178 e. The lowest BCUT2D eigenvalue weighted by molar-refractivity contribution is 0.560. The molecule has 0 amide bonds. The zero-order chi connectivity index (χ0) is 11.4. The Morgan fingerprint density at radius 2 is 2.31 bits per heavy atom. The van der Waals surface area contributed by atoms with Gasteiger partial charge in [-0.15, -0.1) is 5.10 Å². The van der Waals surface area contributed by atoms with E-state index < -0.39 is 0 Å². The van der Waals surface area contributed by atoms with Gasteiger partial charge in [-0.05, 0) is 12.1 Å². The molecule has 16 heavy (non-hydrogen) atoms. The van der Waals surface area contributed by atoms with Crippen LogP contribution in [-0.2, 0) is 0 Å². The maximum atomic E-state index is 5.84. The van der Waals surface area contributed by atoms with Crippen LogP contribution in [-0.4, -0.2) is 16.4 Å². The van der Waals surface area contributed by atoms with Crippen LogP contribution in [0.1, 0.15) is 5.76 Å². The molecule has 82 valence electrons. The molecule has 2 heterocycles. The van der Waals surface area contributed by atoms with Gasteiger partial charge >= 0.3 is 0 Å². The minimum absolute atomic E-state index is 0.157. The molecular formula is C9H6Cl2N4O. The van der Waals surface area contributed by atoms with Crippen molar-refractivity contribution in [1.29, 1.82) is 0 Å². The van der Waals surface area contributed by atoms with Crippen LogP contribution >= 0.6 is 23.2 Å². The Morgan fingerprint density at radius 1 is 1.44 bits per heavy atom. The molecule has 2 aromatic heterocycles. The molecule has 5 nitrogen and oxygen atoms in total. The highest BCUT2D eigenvalue weighted by atomic mass is 35.5. The number of anilines is 1. The summed E-state index contributed by atoms with van der Waals surface area (Å²) >= 11 is 11.6. The number of hydrazone groups is 1. The van der Waals surface area contributed by atoms with Crippen LogP contribution in [0.3, 0.4) is 0 Å². The Labute approximate surface area is 101 Å². The van der Waals surface area contributed by atoms with Gasteiger partial charge in [0.05, 0.1) is 23.7 Å². The number of hydrogen-bond acceptors (Lipinski definition) is 5. The predicted molar refractivity (Wildman–Crippen MR) is 62.0 cm³/mol. The van der Waals surface area contributed by atoms with Crippen LogP contribution < -0.4 is 5.43 Å². The second-order valence-corrected chi connectivity index (χ2v) is 3.51. The average Bonchev–Trinajstić information content (AvgIpc) is 2.75. The number of furan rings is 1. The molecule has 2 aromatic rings. The molecule has 0 saturated heterocycles. The van der Waals surface area contributed by atoms with Crippen molar-refractivity contribution in [3.8, 4) is 0 Å². The van der Waals surface area contributed by atoms with E-state index in [0.29, 0.717) is 16.5 Å². The summed E-state index contributed by atoms with van der Waals surface area (Å²) in [7, 11) is 0. The highest BCUT2D eigenvalue weighted by molar-refractivity contribution is 6.38. The Kier molecular flexibility index (Phi) is 3.38. The molecule has 0 bridgehead atoms. The summed E-state index contributed by atoms with van der Waals surface area (Å²) in [6.07, 6.45) is 4.42. The lowest BCUT2D eigenvalue weighted by atomic mass is 10.5. The van der Waals surface area contributed by atoms with Crippen molar-refractivity contribution in [2.45, 2.75) is 0 Å². The summed E-state index contributed by atoms with van der Waals surface area (Å²) in [6.45, 7) is 0. The van der Waals surface area contributed by atoms with Crippen LogP contribution in [0.4, 0.5) is 5.69 Å². The van der Waals surface area contributed by atoms with Gasteiger partial charge in [0.1, 0.15) is 11.4 Å². The lowest BCUT2D eigenvalue weighted by Crippen LogP contribution is -1.95. The molecule has 0 spiro atoms. The normalized spacial score (nSPS) is 10.9. The van der Waals surface area contributed by atoms with E-state index in [0.717, 1.165) is 0 Å². The number of nitrogens with one attached hydrogen (secondary N) is 1. The Morgan fingerprint density at radius 3 is 3.00 bits per heavy atom. The maximum Gasteiger partial charge on any atom is 0.178 e. The third-order valence-corrected chi connectivity index (χ3v) is 2.22. The maximum absolute atomic E-state index is 5.84. The summed E-state index contributed by atoms with van der Waals surface area (Å²) in [5.41, 5.74) is 3.07. The number of hydrogen-bond donors (Lipinski definition) is 1. The number of halogens is 2. The van der Waals surface area contributed by atoms with Crippen LogP contribution in [0.25, 0.3) is 0 Å². The van der Waals surface area contributed by atoms with Gasteiger partial charge in [0.15, 0.2) is 5.15 Å². The fraction of sp³-hybridized carbons (Fsp3) is 0. The Hall–Kier alpha value is -1.59. The van der Waals surface area contributed by atoms with E-state index in [1.165, 1.54) is 12.4 Å². The third kappa shape index (κ3) is 2.50. The van der Waals surface area contributed by atoms with Crippen molar-refractivity contribution >= 4 is 35.1 Å². The molecular weight excluding hydrogens is 251 g/mol. The summed E-state index contributed by atoms with van der Waals surface area (Å²) in [5, 5.41) is 11.6. The quantitative estimate of drug-likeness (QED) is 0.678. The van der Waals surface area contributed by atoms with E-state index in [1.807, 2.05) is 0 Å². The number of aromatic nitrogens is 2. The van der Waals surface area contributed by atoms with Gasteiger partial charge in [-0.3, -0.25) is 5.43 Å². The Balaban J connectivity index is 2.10. The minimum Gasteiger partial charge on any atom is -0.463 e. The van der Waals surface area contributed by atoms with E-state index in [4.69, 9.17) is 27.6 Å². The van der Waals surface area contributed by atoms with Crippen molar-refractivity contribution in [3.63, 3.8) is 0 Å². The second kappa shape index (κ2) is 4.96. The molecule has 0 unspecified atom stereocenters. The van der Waals surface area contributed by atoms with Gasteiger partial charge < -0.3 is 4.42 Å². The summed E-state index contributed by atoms with van der Waals surface area (Å²) in [5.74, 6) is 0.613. The molecule has 1 N–H and O–H groups in total. The molecule has 2 rings (SSSR count). The Bertz CT molecular complexity index is 478. The van der Waals surface area contributed by atoms with E-state index in [1.54, 1.807) is 18.4 Å². The molecule has 0 aliphatic rings. The molecule has 7 heteroatoms. The summed E-state index contributed by atoms with van der Waals surface area (Å²) in [4.78, 5) is 0. The minimum atomic E-state index is 0.157. The summed E-state index contributed by atoms with van der Waals surface area (Å²) < 4.78 is 5.05. The first kappa shape index (κ1) is 10.9. The third-order valence-electron chi connectivity index (χ3n) is 1.67. The van der Waals surface area contributed by atoms with Crippen LogP contribution in [0, 0.1) is 0 Å². The number of nitrogens with zero attached hydrogens (tertiary/aromatic N) is 3. The fourth-order valence-corrected chi connectivity index (χ4v) is 1.38. The van der Waals surface area contributed by atoms with Gasteiger partial charge in [0.25, 0.3) is 0 Å². The van der Waals surface area contributed by atoms with Gasteiger partial charge in [-0.25, -0.2) is 0 Å². The van der Waals surface area contributed by atoms with Gasteiger partial charge in [-0.2, -0.15) is 10.2 Å². The molecule has 0 fully saturated rings. The van der Waals surface area contributed by atoms with Crippen LogP contribution in [0.15, 0.2) is 34.1 Å². The molecule has 0 atom stereocenters. The zero-order valence-electron chi connectivity index (χ0n) is 7.89. The SMILES string of the molecule is Clc1cnnc(Cl)c1N/N=C\c1ccco1. The fourth-order valence-electron chi connectivity index (χ4n) is 0.968. The first-order chi connectivity index (χ1) is 7.77. The highest BCUT2D eigenvalue weighted by Gasteiger charge is 2.05. The van der Waals surface area contributed by atoms with Gasteiger partial charge in [-0.1, -0.05) is 23.2 Å². The lowest BCUT2D eigenvalue weighted by Gasteiger charge is -2.02. The van der Waals surface area contributed by atoms with E-state index >= 15 is 0 Å². The van der Waals surface area contributed by atoms with Crippen LogP contribution in [0.2, 0.25) is 10.2 Å². The van der Waals surface area contributed by atoms with Crippen molar-refractivity contribution in [2.24, 2.45) is 5.10 Å². The highest BCUT2D eigenvalue weighted by Crippen LogP contribution is 2.26. The number of rotatable bonds is 3. The van der Waals surface area contributed by atoms with Gasteiger partial charge in [0.2, 0.25) is 0 Å². The molecule has 0 aromatic carbocycles. The topological polar surface area (TPSA) is 63.3 Å².